The molecule has 0 amide bonds. The van der Waals surface area contributed by atoms with Gasteiger partial charge in [-0.3, -0.25) is 0 Å². The summed E-state index contributed by atoms with van der Waals surface area (Å²) in [5.41, 5.74) is 6.18. The maximum absolute atomic E-state index is 6.10. The SMILES string of the molecule is Cl[Si]1(Cl)C=Cc2ccccc2C=C1. The van der Waals surface area contributed by atoms with Crippen molar-refractivity contribution in [1.82, 2.24) is 0 Å². The first-order chi connectivity index (χ1) is 6.17. The molecule has 0 aromatic heterocycles. The summed E-state index contributed by atoms with van der Waals surface area (Å²) in [6, 6.07) is 8.13. The second kappa shape index (κ2) is 3.33. The van der Waals surface area contributed by atoms with Crippen molar-refractivity contribution in [2.45, 2.75) is 0 Å². The van der Waals surface area contributed by atoms with Gasteiger partial charge in [-0.1, -0.05) is 47.8 Å². The van der Waals surface area contributed by atoms with Crippen molar-refractivity contribution in [2.24, 2.45) is 0 Å². The predicted octanol–water partition coefficient (Wildman–Crippen LogP) is 3.72. The summed E-state index contributed by atoms with van der Waals surface area (Å²) in [5.74, 6) is 0. The predicted molar refractivity (Wildman–Crippen MR) is 62.0 cm³/mol. The zero-order valence-electron chi connectivity index (χ0n) is 6.87. The number of benzene rings is 1. The van der Waals surface area contributed by atoms with Gasteiger partial charge in [-0.25, -0.2) is 0 Å². The lowest BCUT2D eigenvalue weighted by Crippen LogP contribution is -2.10. The molecule has 1 heterocycles. The summed E-state index contributed by atoms with van der Waals surface area (Å²) >= 11 is 12.2. The Morgan fingerprint density at radius 2 is 1.31 bits per heavy atom. The third-order valence-corrected chi connectivity index (χ3v) is 4.70. The minimum atomic E-state index is -2.26. The van der Waals surface area contributed by atoms with Crippen LogP contribution in [0, 0.1) is 0 Å². The van der Waals surface area contributed by atoms with Gasteiger partial charge in [-0.05, 0) is 11.1 Å². The van der Waals surface area contributed by atoms with Crippen molar-refractivity contribution in [1.29, 1.82) is 0 Å². The fourth-order valence-corrected chi connectivity index (χ4v) is 2.94. The summed E-state index contributed by atoms with van der Waals surface area (Å²) in [4.78, 5) is 0. The highest BCUT2D eigenvalue weighted by Crippen LogP contribution is 2.25. The Kier molecular flexibility index (Phi) is 2.32. The Balaban J connectivity index is 2.53. The molecule has 0 spiro atoms. The van der Waals surface area contributed by atoms with E-state index in [1.54, 1.807) is 0 Å². The summed E-state index contributed by atoms with van der Waals surface area (Å²) in [7, 11) is 0. The third-order valence-electron chi connectivity index (χ3n) is 1.97. The van der Waals surface area contributed by atoms with E-state index >= 15 is 0 Å². The van der Waals surface area contributed by atoms with Crippen LogP contribution in [0.2, 0.25) is 0 Å². The van der Waals surface area contributed by atoms with Gasteiger partial charge in [-0.15, -0.1) is 22.2 Å². The van der Waals surface area contributed by atoms with Crippen LogP contribution in [0.4, 0.5) is 0 Å². The molecule has 1 aliphatic rings. The van der Waals surface area contributed by atoms with Crippen molar-refractivity contribution in [2.75, 3.05) is 0 Å². The summed E-state index contributed by atoms with van der Waals surface area (Å²) < 4.78 is 0. The molecule has 0 atom stereocenters. The Bertz CT molecular complexity index is 345. The van der Waals surface area contributed by atoms with Crippen molar-refractivity contribution >= 4 is 41.0 Å². The second-order valence-electron chi connectivity index (χ2n) is 2.97. The molecular weight excluding hydrogens is 219 g/mol. The molecule has 0 saturated heterocycles. The molecule has 3 heteroatoms. The average molecular weight is 227 g/mol. The number of fused-ring (bicyclic) bond motifs is 1. The molecule has 0 saturated carbocycles. The normalized spacial score (nSPS) is 18.0. The van der Waals surface area contributed by atoms with E-state index in [1.807, 2.05) is 35.7 Å². The number of hydrogen-bond donors (Lipinski definition) is 0. The van der Waals surface area contributed by atoms with Gasteiger partial charge < -0.3 is 0 Å². The van der Waals surface area contributed by atoms with Crippen LogP contribution in [0.1, 0.15) is 11.1 Å². The largest absolute Gasteiger partial charge is 0.296 e. The zero-order valence-corrected chi connectivity index (χ0v) is 9.39. The van der Waals surface area contributed by atoms with Crippen LogP contribution in [-0.2, 0) is 0 Å². The van der Waals surface area contributed by atoms with Gasteiger partial charge in [0.1, 0.15) is 0 Å². The van der Waals surface area contributed by atoms with E-state index in [1.165, 1.54) is 11.1 Å². The Morgan fingerprint density at radius 1 is 0.846 bits per heavy atom. The maximum atomic E-state index is 6.10. The lowest BCUT2D eigenvalue weighted by Gasteiger charge is -2.01. The minimum Gasteiger partial charge on any atom is -0.135 e. The van der Waals surface area contributed by atoms with Gasteiger partial charge in [-0.2, -0.15) is 0 Å². The molecule has 13 heavy (non-hydrogen) atoms. The second-order valence-corrected chi connectivity index (χ2v) is 9.32. The number of hydrogen-bond acceptors (Lipinski definition) is 0. The molecule has 1 aromatic rings. The molecule has 2 rings (SSSR count). The molecule has 0 N–H and O–H groups in total. The fourth-order valence-electron chi connectivity index (χ4n) is 1.27. The van der Waals surface area contributed by atoms with Gasteiger partial charge >= 0.3 is 0 Å². The molecule has 1 aliphatic heterocycles. The van der Waals surface area contributed by atoms with Gasteiger partial charge in [0, 0.05) is 0 Å². The van der Waals surface area contributed by atoms with Crippen LogP contribution in [0.5, 0.6) is 0 Å². The van der Waals surface area contributed by atoms with E-state index < -0.39 is 6.69 Å². The molecule has 0 fully saturated rings. The van der Waals surface area contributed by atoms with E-state index in [4.69, 9.17) is 22.2 Å². The van der Waals surface area contributed by atoms with Crippen LogP contribution in [0.25, 0.3) is 12.2 Å². The van der Waals surface area contributed by atoms with E-state index in [0.29, 0.717) is 0 Å². The van der Waals surface area contributed by atoms with Crippen LogP contribution < -0.4 is 0 Å². The van der Waals surface area contributed by atoms with Crippen molar-refractivity contribution in [3.63, 3.8) is 0 Å². The minimum absolute atomic E-state index is 1.18. The Hall–Kier alpha value is -0.503. The van der Waals surface area contributed by atoms with Crippen molar-refractivity contribution < 1.29 is 0 Å². The maximum Gasteiger partial charge on any atom is 0.296 e. The molecule has 0 unspecified atom stereocenters. The van der Waals surface area contributed by atoms with E-state index in [2.05, 4.69) is 12.1 Å². The van der Waals surface area contributed by atoms with Gasteiger partial charge in [0.15, 0.2) is 0 Å². The standard InChI is InChI=1S/C10H8Cl2Si/c11-13(12)7-5-9-3-1-2-4-10(9)6-8-13/h1-8H. The average Bonchev–Trinajstić information content (AvgIpc) is 2.27. The first-order valence-corrected chi connectivity index (χ1v) is 8.21. The highest BCUT2D eigenvalue weighted by atomic mass is 35.7. The monoisotopic (exact) mass is 226 g/mol. The molecule has 66 valence electrons. The van der Waals surface area contributed by atoms with Crippen molar-refractivity contribution in [3.05, 3.63) is 46.8 Å². The van der Waals surface area contributed by atoms with Crippen molar-refractivity contribution in [3.8, 4) is 0 Å². The Labute approximate surface area is 87.9 Å². The quantitative estimate of drug-likeness (QED) is 0.468. The lowest BCUT2D eigenvalue weighted by atomic mass is 10.1. The molecule has 0 bridgehead atoms. The highest BCUT2D eigenvalue weighted by molar-refractivity contribution is 7.50. The zero-order chi connectivity index (χ0) is 9.31. The van der Waals surface area contributed by atoms with Gasteiger partial charge in [0.25, 0.3) is 6.69 Å². The summed E-state index contributed by atoms with van der Waals surface area (Å²) in [6.07, 6.45) is 4.00. The highest BCUT2D eigenvalue weighted by Gasteiger charge is 2.21. The first-order valence-electron chi connectivity index (χ1n) is 4.03. The smallest absolute Gasteiger partial charge is 0.135 e. The molecule has 1 aromatic carbocycles. The molecular formula is C10H8Cl2Si. The van der Waals surface area contributed by atoms with Crippen LogP contribution in [0.3, 0.4) is 0 Å². The van der Waals surface area contributed by atoms with Gasteiger partial charge in [0.2, 0.25) is 0 Å². The van der Waals surface area contributed by atoms with Gasteiger partial charge in [0.05, 0.1) is 0 Å². The van der Waals surface area contributed by atoms with Crippen LogP contribution in [-0.4, -0.2) is 6.69 Å². The molecule has 0 aliphatic carbocycles. The third kappa shape index (κ3) is 2.05. The van der Waals surface area contributed by atoms with Crippen LogP contribution in [0.15, 0.2) is 35.7 Å². The fraction of sp³-hybridized carbons (Fsp3) is 0. The van der Waals surface area contributed by atoms with E-state index in [0.717, 1.165) is 0 Å². The first kappa shape index (κ1) is 9.07. The van der Waals surface area contributed by atoms with E-state index in [-0.39, 0.29) is 0 Å². The Morgan fingerprint density at radius 3 is 1.77 bits per heavy atom. The number of halogens is 2. The summed E-state index contributed by atoms with van der Waals surface area (Å²) in [5, 5.41) is 0. The van der Waals surface area contributed by atoms with E-state index in [9.17, 15) is 0 Å². The molecule has 0 radical (unpaired) electrons. The summed E-state index contributed by atoms with van der Waals surface area (Å²) in [6.45, 7) is -2.26. The molecule has 0 nitrogen and oxygen atoms in total. The van der Waals surface area contributed by atoms with Crippen LogP contribution >= 0.6 is 22.2 Å². The lowest BCUT2D eigenvalue weighted by molar-refractivity contribution is 1.62. The number of rotatable bonds is 0. The topological polar surface area (TPSA) is 0 Å².